The molecule has 120 valence electrons. The van der Waals surface area contributed by atoms with E-state index in [-0.39, 0.29) is 5.69 Å². The molecule has 0 heterocycles. The van der Waals surface area contributed by atoms with E-state index < -0.39 is 11.7 Å². The lowest BCUT2D eigenvalue weighted by Crippen LogP contribution is -2.11. The third-order valence-electron chi connectivity index (χ3n) is 3.31. The van der Waals surface area contributed by atoms with Crippen molar-refractivity contribution in [2.45, 2.75) is 52.1 Å². The Hall–Kier alpha value is -0.710. The molecule has 0 saturated heterocycles. The quantitative estimate of drug-likeness (QED) is 0.519. The molecule has 0 amide bonds. The van der Waals surface area contributed by atoms with Gasteiger partial charge in [0.15, 0.2) is 0 Å². The lowest BCUT2D eigenvalue weighted by Gasteiger charge is -2.15. The predicted octanol–water partition coefficient (Wildman–Crippen LogP) is 6.49. The van der Waals surface area contributed by atoms with Gasteiger partial charge in [0.2, 0.25) is 0 Å². The molecule has 1 nitrogen and oxygen atoms in total. The summed E-state index contributed by atoms with van der Waals surface area (Å²) in [6, 6.07) is 4.01. The van der Waals surface area contributed by atoms with Crippen molar-refractivity contribution in [3.63, 3.8) is 0 Å². The highest BCUT2D eigenvalue weighted by atomic mass is 79.9. The second kappa shape index (κ2) is 8.66. The monoisotopic (exact) mass is 365 g/mol. The zero-order valence-electron chi connectivity index (χ0n) is 12.6. The maximum absolute atomic E-state index is 12.9. The predicted molar refractivity (Wildman–Crippen MR) is 85.6 cm³/mol. The van der Waals surface area contributed by atoms with Crippen molar-refractivity contribution in [1.82, 2.24) is 0 Å². The van der Waals surface area contributed by atoms with E-state index in [0.717, 1.165) is 31.2 Å². The zero-order valence-corrected chi connectivity index (χ0v) is 14.1. The number of benzene rings is 1. The fraction of sp³-hybridized carbons (Fsp3) is 0.625. The first-order valence-electron chi connectivity index (χ1n) is 7.41. The normalized spacial score (nSPS) is 12.0. The minimum absolute atomic E-state index is 0.152. The van der Waals surface area contributed by atoms with Gasteiger partial charge in [0.1, 0.15) is 0 Å². The molecule has 1 aromatic rings. The first kappa shape index (κ1) is 18.3. The highest BCUT2D eigenvalue weighted by Gasteiger charge is 2.33. The van der Waals surface area contributed by atoms with Gasteiger partial charge in [-0.3, -0.25) is 0 Å². The summed E-state index contributed by atoms with van der Waals surface area (Å²) in [6.07, 6.45) is 1.18. The Bertz CT molecular complexity index is 430. The van der Waals surface area contributed by atoms with Crippen LogP contribution < -0.4 is 5.32 Å². The number of hydrogen-bond donors (Lipinski definition) is 1. The van der Waals surface area contributed by atoms with Crippen molar-refractivity contribution in [3.05, 3.63) is 28.2 Å². The van der Waals surface area contributed by atoms with Crippen LogP contribution >= 0.6 is 15.9 Å². The highest BCUT2D eigenvalue weighted by molar-refractivity contribution is 9.10. The van der Waals surface area contributed by atoms with Gasteiger partial charge in [-0.25, -0.2) is 0 Å². The molecule has 0 aliphatic rings. The van der Waals surface area contributed by atoms with Gasteiger partial charge in [-0.1, -0.05) is 55.5 Å². The van der Waals surface area contributed by atoms with E-state index in [1.54, 1.807) is 0 Å². The molecule has 1 rings (SSSR count). The molecule has 0 atom stereocenters. The van der Waals surface area contributed by atoms with Crippen LogP contribution in [0.4, 0.5) is 18.9 Å². The van der Waals surface area contributed by atoms with E-state index in [4.69, 9.17) is 0 Å². The van der Waals surface area contributed by atoms with Gasteiger partial charge in [-0.05, 0) is 30.5 Å². The molecule has 5 heteroatoms. The molecule has 0 radical (unpaired) electrons. The van der Waals surface area contributed by atoms with Crippen LogP contribution in [0.15, 0.2) is 22.7 Å². The number of rotatable bonds is 8. The number of halogens is 4. The fourth-order valence-electron chi connectivity index (χ4n) is 2.16. The van der Waals surface area contributed by atoms with Gasteiger partial charge in [0.25, 0.3) is 0 Å². The zero-order chi connectivity index (χ0) is 15.9. The summed E-state index contributed by atoms with van der Waals surface area (Å²) in [5.74, 6) is 0.721. The summed E-state index contributed by atoms with van der Waals surface area (Å²) in [5.41, 5.74) is -0.454. The van der Waals surface area contributed by atoms with E-state index in [0.29, 0.717) is 11.0 Å². The average molecular weight is 366 g/mol. The number of anilines is 1. The first-order valence-corrected chi connectivity index (χ1v) is 8.20. The minimum atomic E-state index is -4.32. The molecular formula is C16H23BrF3N. The molecule has 0 aromatic heterocycles. The summed E-state index contributed by atoms with van der Waals surface area (Å²) >= 11 is 3.21. The Kier molecular flexibility index (Phi) is 7.57. The first-order chi connectivity index (χ1) is 9.80. The van der Waals surface area contributed by atoms with E-state index in [2.05, 4.69) is 35.1 Å². The standard InChI is InChI=1S/C16H23BrF3N/c1-12(2)7-5-3-4-6-10-21-15-11-13(17)8-9-14(15)16(18,19)20/h8-9,11-12,21H,3-7,10H2,1-2H3. The third kappa shape index (κ3) is 7.21. The average Bonchev–Trinajstić information content (AvgIpc) is 2.35. The lowest BCUT2D eigenvalue weighted by molar-refractivity contribution is -0.137. The summed E-state index contributed by atoms with van der Waals surface area (Å²) in [6.45, 7) is 4.97. The lowest BCUT2D eigenvalue weighted by atomic mass is 10.0. The summed E-state index contributed by atoms with van der Waals surface area (Å²) < 4.78 is 39.3. The highest BCUT2D eigenvalue weighted by Crippen LogP contribution is 2.36. The Morgan fingerprint density at radius 3 is 2.38 bits per heavy atom. The Labute approximate surface area is 133 Å². The van der Waals surface area contributed by atoms with Crippen LogP contribution in [0.1, 0.15) is 51.5 Å². The third-order valence-corrected chi connectivity index (χ3v) is 3.80. The van der Waals surface area contributed by atoms with E-state index in [9.17, 15) is 13.2 Å². The number of alkyl halides is 3. The van der Waals surface area contributed by atoms with Gasteiger partial charge in [0.05, 0.1) is 5.56 Å². The van der Waals surface area contributed by atoms with Crippen LogP contribution in [0, 0.1) is 5.92 Å². The Morgan fingerprint density at radius 1 is 1.10 bits per heavy atom. The smallest absolute Gasteiger partial charge is 0.385 e. The SMILES string of the molecule is CC(C)CCCCCCNc1cc(Br)ccc1C(F)(F)F. The van der Waals surface area contributed by atoms with Crippen LogP contribution in [0.2, 0.25) is 0 Å². The van der Waals surface area contributed by atoms with Gasteiger partial charge in [0, 0.05) is 16.7 Å². The van der Waals surface area contributed by atoms with Gasteiger partial charge < -0.3 is 5.32 Å². The molecule has 1 N–H and O–H groups in total. The molecule has 0 aliphatic carbocycles. The summed E-state index contributed by atoms with van der Waals surface area (Å²) in [5, 5.41) is 2.91. The molecule has 0 aliphatic heterocycles. The maximum atomic E-state index is 12.9. The topological polar surface area (TPSA) is 12.0 Å². The second-order valence-electron chi connectivity index (χ2n) is 5.71. The largest absolute Gasteiger partial charge is 0.418 e. The van der Waals surface area contributed by atoms with Gasteiger partial charge in [-0.2, -0.15) is 13.2 Å². The number of unbranched alkanes of at least 4 members (excludes halogenated alkanes) is 3. The van der Waals surface area contributed by atoms with Crippen LogP contribution in [0.25, 0.3) is 0 Å². The molecule has 0 fully saturated rings. The Balaban J connectivity index is 2.40. The molecule has 0 saturated carbocycles. The van der Waals surface area contributed by atoms with Gasteiger partial charge >= 0.3 is 6.18 Å². The maximum Gasteiger partial charge on any atom is 0.418 e. The van der Waals surface area contributed by atoms with E-state index in [1.807, 2.05) is 0 Å². The van der Waals surface area contributed by atoms with Crippen molar-refractivity contribution >= 4 is 21.6 Å². The molecule has 1 aromatic carbocycles. The molecule has 21 heavy (non-hydrogen) atoms. The Morgan fingerprint density at radius 2 is 1.76 bits per heavy atom. The molecular weight excluding hydrogens is 343 g/mol. The fourth-order valence-corrected chi connectivity index (χ4v) is 2.53. The van der Waals surface area contributed by atoms with Crippen molar-refractivity contribution in [1.29, 1.82) is 0 Å². The van der Waals surface area contributed by atoms with Crippen LogP contribution in [-0.4, -0.2) is 6.54 Å². The number of nitrogens with one attached hydrogen (secondary N) is 1. The van der Waals surface area contributed by atoms with E-state index in [1.165, 1.54) is 25.0 Å². The van der Waals surface area contributed by atoms with Crippen molar-refractivity contribution < 1.29 is 13.2 Å². The van der Waals surface area contributed by atoms with Crippen molar-refractivity contribution in [2.75, 3.05) is 11.9 Å². The molecule has 0 bridgehead atoms. The molecule has 0 spiro atoms. The minimum Gasteiger partial charge on any atom is -0.385 e. The summed E-state index contributed by atoms with van der Waals surface area (Å²) in [4.78, 5) is 0. The van der Waals surface area contributed by atoms with Crippen LogP contribution in [0.5, 0.6) is 0 Å². The van der Waals surface area contributed by atoms with Crippen LogP contribution in [0.3, 0.4) is 0 Å². The van der Waals surface area contributed by atoms with Crippen LogP contribution in [-0.2, 0) is 6.18 Å². The van der Waals surface area contributed by atoms with Crippen molar-refractivity contribution in [3.8, 4) is 0 Å². The van der Waals surface area contributed by atoms with E-state index >= 15 is 0 Å². The molecule has 0 unspecified atom stereocenters. The van der Waals surface area contributed by atoms with Crippen molar-refractivity contribution in [2.24, 2.45) is 5.92 Å². The second-order valence-corrected chi connectivity index (χ2v) is 6.63. The number of hydrogen-bond acceptors (Lipinski definition) is 1. The van der Waals surface area contributed by atoms with Gasteiger partial charge in [-0.15, -0.1) is 0 Å². The summed E-state index contributed by atoms with van der Waals surface area (Å²) in [7, 11) is 0.